The molecule has 11 heteroatoms. The number of benzene rings is 1. The Morgan fingerprint density at radius 3 is 2.52 bits per heavy atom. The molecule has 1 amide bonds. The lowest BCUT2D eigenvalue weighted by Crippen LogP contribution is -2.48. The van der Waals surface area contributed by atoms with Crippen molar-refractivity contribution in [2.75, 3.05) is 43.0 Å². The van der Waals surface area contributed by atoms with E-state index in [-0.39, 0.29) is 23.6 Å². The topological polar surface area (TPSA) is 83.5 Å². The molecular weight excluding hydrogens is 389 g/mol. The Balaban J connectivity index is 1.83. The predicted molar refractivity (Wildman–Crippen MR) is 100 cm³/mol. The quantitative estimate of drug-likeness (QED) is 0.811. The van der Waals surface area contributed by atoms with Gasteiger partial charge in [0.15, 0.2) is 0 Å². The summed E-state index contributed by atoms with van der Waals surface area (Å²) in [5, 5.41) is 2.79. The number of anilines is 3. The third-order valence-electron chi connectivity index (χ3n) is 4.33. The van der Waals surface area contributed by atoms with Crippen molar-refractivity contribution in [1.29, 1.82) is 0 Å². The molecule has 0 bridgehead atoms. The summed E-state index contributed by atoms with van der Waals surface area (Å²) in [6.07, 6.45) is -4.45. The Hall–Kier alpha value is -3.11. The summed E-state index contributed by atoms with van der Waals surface area (Å²) in [5.41, 5.74) is -0.581. The lowest BCUT2D eigenvalue weighted by Gasteiger charge is -2.34. The van der Waals surface area contributed by atoms with E-state index in [9.17, 15) is 18.0 Å². The number of amides is 1. The highest BCUT2D eigenvalue weighted by Crippen LogP contribution is 2.31. The fourth-order valence-corrected chi connectivity index (χ4v) is 2.86. The van der Waals surface area contributed by atoms with Crippen molar-refractivity contribution >= 4 is 23.5 Å². The fourth-order valence-electron chi connectivity index (χ4n) is 2.86. The molecule has 156 valence electrons. The molecule has 0 spiro atoms. The van der Waals surface area contributed by atoms with Crippen molar-refractivity contribution in [3.63, 3.8) is 0 Å². The number of aromatic nitrogens is 3. The van der Waals surface area contributed by atoms with Crippen LogP contribution >= 0.6 is 0 Å². The van der Waals surface area contributed by atoms with Crippen molar-refractivity contribution < 1.29 is 22.7 Å². The number of nitrogens with one attached hydrogen (secondary N) is 1. The maximum absolute atomic E-state index is 12.9. The van der Waals surface area contributed by atoms with Gasteiger partial charge < -0.3 is 19.9 Å². The summed E-state index contributed by atoms with van der Waals surface area (Å²) in [7, 11) is 0. The minimum Gasteiger partial charge on any atom is -0.464 e. The number of nitrogens with zero attached hydrogens (tertiary/aromatic N) is 5. The SMILES string of the molecule is CCOc1nc(Nc2cccc(C(F)(F)F)c2)nc(N2CCN(C(C)=O)CC2)n1. The van der Waals surface area contributed by atoms with E-state index in [0.29, 0.717) is 38.7 Å². The molecule has 8 nitrogen and oxygen atoms in total. The average molecular weight is 410 g/mol. The third-order valence-corrected chi connectivity index (χ3v) is 4.33. The number of hydrogen-bond acceptors (Lipinski definition) is 7. The maximum Gasteiger partial charge on any atom is 0.416 e. The van der Waals surface area contributed by atoms with Crippen LogP contribution in [0.2, 0.25) is 0 Å². The number of ether oxygens (including phenoxy) is 1. The highest BCUT2D eigenvalue weighted by Gasteiger charge is 2.30. The molecule has 0 aliphatic carbocycles. The van der Waals surface area contributed by atoms with E-state index in [4.69, 9.17) is 4.74 Å². The van der Waals surface area contributed by atoms with E-state index in [0.717, 1.165) is 12.1 Å². The molecule has 1 aliphatic rings. The molecule has 0 atom stereocenters. The first-order valence-electron chi connectivity index (χ1n) is 9.10. The van der Waals surface area contributed by atoms with Crippen LogP contribution in [0.25, 0.3) is 0 Å². The number of piperazine rings is 1. The Morgan fingerprint density at radius 2 is 1.90 bits per heavy atom. The lowest BCUT2D eigenvalue weighted by molar-refractivity contribution is -0.137. The highest BCUT2D eigenvalue weighted by molar-refractivity contribution is 5.73. The summed E-state index contributed by atoms with van der Waals surface area (Å²) in [6, 6.07) is 4.84. The first-order valence-corrected chi connectivity index (χ1v) is 9.10. The Bertz CT molecular complexity index is 869. The smallest absolute Gasteiger partial charge is 0.416 e. The van der Waals surface area contributed by atoms with Crippen LogP contribution in [0.3, 0.4) is 0 Å². The summed E-state index contributed by atoms with van der Waals surface area (Å²) >= 11 is 0. The maximum atomic E-state index is 12.9. The zero-order valence-electron chi connectivity index (χ0n) is 16.0. The molecular formula is C18H21F3N6O2. The van der Waals surface area contributed by atoms with Crippen molar-refractivity contribution in [2.45, 2.75) is 20.0 Å². The van der Waals surface area contributed by atoms with Gasteiger partial charge in [0, 0.05) is 38.8 Å². The molecule has 1 aromatic carbocycles. The van der Waals surface area contributed by atoms with Crippen LogP contribution in [-0.2, 0) is 11.0 Å². The van der Waals surface area contributed by atoms with Gasteiger partial charge in [-0.1, -0.05) is 6.07 Å². The molecule has 1 fully saturated rings. The number of alkyl halides is 3. The normalized spacial score (nSPS) is 14.7. The van der Waals surface area contributed by atoms with Crippen LogP contribution in [0.1, 0.15) is 19.4 Å². The Kier molecular flexibility index (Phi) is 6.04. The summed E-state index contributed by atoms with van der Waals surface area (Å²) < 4.78 is 44.2. The van der Waals surface area contributed by atoms with Gasteiger partial charge in [0.25, 0.3) is 0 Å². The zero-order chi connectivity index (χ0) is 21.0. The van der Waals surface area contributed by atoms with Crippen LogP contribution in [0, 0.1) is 0 Å². The van der Waals surface area contributed by atoms with E-state index in [1.54, 1.807) is 11.8 Å². The first-order chi connectivity index (χ1) is 13.8. The molecule has 3 rings (SSSR count). The Morgan fingerprint density at radius 1 is 1.17 bits per heavy atom. The second-order valence-corrected chi connectivity index (χ2v) is 6.37. The second-order valence-electron chi connectivity index (χ2n) is 6.37. The minimum atomic E-state index is -4.45. The van der Waals surface area contributed by atoms with E-state index in [1.807, 2.05) is 4.90 Å². The number of rotatable bonds is 5. The van der Waals surface area contributed by atoms with Crippen molar-refractivity contribution in [1.82, 2.24) is 19.9 Å². The summed E-state index contributed by atoms with van der Waals surface area (Å²) in [4.78, 5) is 27.8. The molecule has 29 heavy (non-hydrogen) atoms. The van der Waals surface area contributed by atoms with Crippen LogP contribution in [0.5, 0.6) is 6.01 Å². The standard InChI is InChI=1S/C18H21F3N6O2/c1-3-29-17-24-15(22-14-6-4-5-13(11-14)18(19,20)21)23-16(25-17)27-9-7-26(8-10-27)12(2)28/h4-6,11H,3,7-10H2,1-2H3,(H,22,23,24,25). The third kappa shape index (κ3) is 5.24. The van der Waals surface area contributed by atoms with Crippen LogP contribution in [0.4, 0.5) is 30.8 Å². The van der Waals surface area contributed by atoms with Crippen LogP contribution < -0.4 is 15.0 Å². The molecule has 1 N–H and O–H groups in total. The van der Waals surface area contributed by atoms with Crippen molar-refractivity contribution in [3.05, 3.63) is 29.8 Å². The largest absolute Gasteiger partial charge is 0.464 e. The molecule has 1 aromatic heterocycles. The number of hydrogen-bond donors (Lipinski definition) is 1. The lowest BCUT2D eigenvalue weighted by atomic mass is 10.2. The van der Waals surface area contributed by atoms with Gasteiger partial charge in [-0.25, -0.2) is 0 Å². The van der Waals surface area contributed by atoms with E-state index in [2.05, 4.69) is 20.3 Å². The van der Waals surface area contributed by atoms with Crippen molar-refractivity contribution in [2.24, 2.45) is 0 Å². The van der Waals surface area contributed by atoms with Gasteiger partial charge >= 0.3 is 12.2 Å². The molecule has 1 aliphatic heterocycles. The molecule has 0 radical (unpaired) electrons. The van der Waals surface area contributed by atoms with E-state index in [1.165, 1.54) is 19.1 Å². The molecule has 2 heterocycles. The molecule has 1 saturated heterocycles. The number of halogens is 3. The van der Waals surface area contributed by atoms with Gasteiger partial charge in [-0.05, 0) is 25.1 Å². The Labute approximate surface area is 165 Å². The van der Waals surface area contributed by atoms with Gasteiger partial charge in [0.1, 0.15) is 0 Å². The van der Waals surface area contributed by atoms with Gasteiger partial charge in [-0.2, -0.15) is 28.1 Å². The second kappa shape index (κ2) is 8.50. The van der Waals surface area contributed by atoms with Crippen molar-refractivity contribution in [3.8, 4) is 6.01 Å². The summed E-state index contributed by atoms with van der Waals surface area (Å²) in [6.45, 7) is 5.72. The molecule has 0 saturated carbocycles. The first kappa shape index (κ1) is 20.6. The van der Waals surface area contributed by atoms with Gasteiger partial charge in [0.05, 0.1) is 12.2 Å². The van der Waals surface area contributed by atoms with Gasteiger partial charge in [-0.3, -0.25) is 4.79 Å². The fraction of sp³-hybridized carbons (Fsp3) is 0.444. The van der Waals surface area contributed by atoms with E-state index < -0.39 is 11.7 Å². The average Bonchev–Trinajstić information content (AvgIpc) is 2.68. The van der Waals surface area contributed by atoms with Crippen LogP contribution in [0.15, 0.2) is 24.3 Å². The minimum absolute atomic E-state index is 0.00204. The summed E-state index contributed by atoms with van der Waals surface area (Å²) in [5.74, 6) is 0.412. The number of carbonyl (C=O) groups is 1. The van der Waals surface area contributed by atoms with Crippen LogP contribution in [-0.4, -0.2) is 58.5 Å². The monoisotopic (exact) mass is 410 g/mol. The molecule has 0 unspecified atom stereocenters. The van der Waals surface area contributed by atoms with Gasteiger partial charge in [0.2, 0.25) is 17.8 Å². The zero-order valence-corrected chi connectivity index (χ0v) is 16.0. The van der Waals surface area contributed by atoms with Gasteiger partial charge in [-0.15, -0.1) is 0 Å². The number of carbonyl (C=O) groups excluding carboxylic acids is 1. The highest BCUT2D eigenvalue weighted by atomic mass is 19.4. The molecule has 2 aromatic rings. The predicted octanol–water partition coefficient (Wildman–Crippen LogP) is 2.70. The van der Waals surface area contributed by atoms with E-state index >= 15 is 0 Å².